The minimum atomic E-state index is -0.471. The lowest BCUT2D eigenvalue weighted by atomic mass is 10.2. The Bertz CT molecular complexity index is 1340. The first kappa shape index (κ1) is 22.0. The van der Waals surface area contributed by atoms with Crippen molar-refractivity contribution in [2.24, 2.45) is 0 Å². The first-order chi connectivity index (χ1) is 15.5. The molecule has 4 rings (SSSR count). The molecule has 1 aromatic heterocycles. The van der Waals surface area contributed by atoms with Crippen LogP contribution in [0.4, 0.5) is 10.1 Å². The second kappa shape index (κ2) is 9.97. The third-order valence-corrected chi connectivity index (χ3v) is 6.00. The molecule has 32 heavy (non-hydrogen) atoms. The van der Waals surface area contributed by atoms with Crippen LogP contribution in [0.3, 0.4) is 0 Å². The molecule has 0 atom stereocenters. The smallest absolute Gasteiger partial charge is 0.266 e. The topological polar surface area (TPSA) is 64.0 Å². The predicted molar refractivity (Wildman–Crippen MR) is 127 cm³/mol. The second-order valence-corrected chi connectivity index (χ2v) is 8.51. The van der Waals surface area contributed by atoms with E-state index in [0.717, 1.165) is 0 Å². The van der Waals surface area contributed by atoms with Crippen molar-refractivity contribution in [3.05, 3.63) is 94.0 Å². The molecule has 5 nitrogen and oxygen atoms in total. The number of fused-ring (bicyclic) bond motifs is 1. The number of thioether (sulfide) groups is 1. The van der Waals surface area contributed by atoms with Crippen LogP contribution in [0.25, 0.3) is 16.6 Å². The number of amides is 1. The van der Waals surface area contributed by atoms with Crippen LogP contribution in [-0.2, 0) is 4.79 Å². The predicted octanol–water partition coefficient (Wildman–Crippen LogP) is 5.69. The molecule has 0 spiro atoms. The summed E-state index contributed by atoms with van der Waals surface area (Å²) in [5, 5.41) is 4.13. The van der Waals surface area contributed by atoms with Gasteiger partial charge >= 0.3 is 0 Å². The summed E-state index contributed by atoms with van der Waals surface area (Å²) >= 11 is 7.53. The highest BCUT2D eigenvalue weighted by Gasteiger charge is 2.14. The summed E-state index contributed by atoms with van der Waals surface area (Å²) in [4.78, 5) is 30.0. The van der Waals surface area contributed by atoms with Crippen molar-refractivity contribution in [3.63, 3.8) is 0 Å². The lowest BCUT2D eigenvalue weighted by Crippen LogP contribution is -2.22. The summed E-state index contributed by atoms with van der Waals surface area (Å²) < 4.78 is 15.2. The summed E-state index contributed by atoms with van der Waals surface area (Å²) in [6.45, 7) is 0. The number of carbonyl (C=O) groups is 1. The van der Waals surface area contributed by atoms with Crippen molar-refractivity contribution in [2.45, 2.75) is 18.0 Å². The fourth-order valence-corrected chi connectivity index (χ4v) is 4.36. The molecule has 0 aliphatic heterocycles. The summed E-state index contributed by atoms with van der Waals surface area (Å²) in [6, 6.07) is 20.3. The standard InChI is InChI=1S/C24H19ClFN3O2S/c25-16-7-5-8-17(15-16)29-23(31)18-9-1-3-11-20(18)28-24(29)32-14-6-13-22(30)27-21-12-4-2-10-19(21)26/h1-5,7-12,15H,6,13-14H2,(H,27,30). The van der Waals surface area contributed by atoms with Gasteiger partial charge in [0.2, 0.25) is 5.91 Å². The molecule has 1 amide bonds. The number of para-hydroxylation sites is 2. The molecule has 1 heterocycles. The Balaban J connectivity index is 1.51. The van der Waals surface area contributed by atoms with Gasteiger partial charge in [0.15, 0.2) is 5.16 Å². The molecule has 8 heteroatoms. The van der Waals surface area contributed by atoms with Gasteiger partial charge in [0.1, 0.15) is 5.82 Å². The first-order valence-corrected chi connectivity index (χ1v) is 11.3. The van der Waals surface area contributed by atoms with Gasteiger partial charge in [0.05, 0.1) is 22.3 Å². The number of aromatic nitrogens is 2. The largest absolute Gasteiger partial charge is 0.324 e. The Labute approximate surface area is 193 Å². The Morgan fingerprint density at radius 3 is 2.66 bits per heavy atom. The van der Waals surface area contributed by atoms with Gasteiger partial charge in [0.25, 0.3) is 5.56 Å². The quantitative estimate of drug-likeness (QED) is 0.215. The Hall–Kier alpha value is -3.16. The summed E-state index contributed by atoms with van der Waals surface area (Å²) in [7, 11) is 0. The van der Waals surface area contributed by atoms with Crippen molar-refractivity contribution < 1.29 is 9.18 Å². The molecule has 1 N–H and O–H groups in total. The van der Waals surface area contributed by atoms with Crippen LogP contribution in [0.5, 0.6) is 0 Å². The number of anilines is 1. The third-order valence-electron chi connectivity index (χ3n) is 4.74. The maximum atomic E-state index is 13.7. The van der Waals surface area contributed by atoms with Crippen LogP contribution in [0.1, 0.15) is 12.8 Å². The lowest BCUT2D eigenvalue weighted by Gasteiger charge is -2.13. The van der Waals surface area contributed by atoms with Crippen LogP contribution in [0.15, 0.2) is 82.7 Å². The minimum absolute atomic E-state index is 0.163. The summed E-state index contributed by atoms with van der Waals surface area (Å²) in [6.07, 6.45) is 0.750. The highest BCUT2D eigenvalue weighted by Crippen LogP contribution is 2.24. The summed E-state index contributed by atoms with van der Waals surface area (Å²) in [5.41, 5.74) is 1.21. The normalized spacial score (nSPS) is 10.9. The van der Waals surface area contributed by atoms with Crippen molar-refractivity contribution in [1.29, 1.82) is 0 Å². The van der Waals surface area contributed by atoms with E-state index < -0.39 is 5.82 Å². The number of benzene rings is 3. The van der Waals surface area contributed by atoms with Gasteiger partial charge in [-0.2, -0.15) is 0 Å². The zero-order valence-electron chi connectivity index (χ0n) is 16.9. The Kier molecular flexibility index (Phi) is 6.87. The number of carbonyl (C=O) groups excluding carboxylic acids is 1. The van der Waals surface area contributed by atoms with Crippen molar-refractivity contribution >= 4 is 45.9 Å². The fraction of sp³-hybridized carbons (Fsp3) is 0.125. The minimum Gasteiger partial charge on any atom is -0.324 e. The number of halogens is 2. The van der Waals surface area contributed by atoms with E-state index in [-0.39, 0.29) is 23.6 Å². The molecular formula is C24H19ClFN3O2S. The maximum absolute atomic E-state index is 13.7. The van der Waals surface area contributed by atoms with Crippen molar-refractivity contribution in [2.75, 3.05) is 11.1 Å². The Morgan fingerprint density at radius 2 is 1.84 bits per heavy atom. The zero-order chi connectivity index (χ0) is 22.5. The molecule has 0 aliphatic carbocycles. The molecule has 0 saturated carbocycles. The highest BCUT2D eigenvalue weighted by atomic mass is 35.5. The van der Waals surface area contributed by atoms with Crippen LogP contribution in [-0.4, -0.2) is 21.2 Å². The number of hydrogen-bond donors (Lipinski definition) is 1. The van der Waals surface area contributed by atoms with E-state index in [2.05, 4.69) is 10.3 Å². The molecule has 162 valence electrons. The van der Waals surface area contributed by atoms with E-state index in [0.29, 0.717) is 38.9 Å². The first-order valence-electron chi connectivity index (χ1n) is 9.98. The van der Waals surface area contributed by atoms with Gasteiger partial charge in [-0.15, -0.1) is 0 Å². The highest BCUT2D eigenvalue weighted by molar-refractivity contribution is 7.99. The van der Waals surface area contributed by atoms with Crippen LogP contribution in [0.2, 0.25) is 5.02 Å². The van der Waals surface area contributed by atoms with E-state index in [4.69, 9.17) is 11.6 Å². The molecule has 0 bridgehead atoms. The van der Waals surface area contributed by atoms with Crippen molar-refractivity contribution in [1.82, 2.24) is 9.55 Å². The van der Waals surface area contributed by atoms with Gasteiger partial charge in [0, 0.05) is 17.2 Å². The van der Waals surface area contributed by atoms with E-state index in [1.807, 2.05) is 6.07 Å². The summed E-state index contributed by atoms with van der Waals surface area (Å²) in [5.74, 6) is -0.189. The van der Waals surface area contributed by atoms with Crippen LogP contribution in [0, 0.1) is 5.82 Å². The number of rotatable bonds is 7. The van der Waals surface area contributed by atoms with Gasteiger partial charge in [-0.05, 0) is 48.9 Å². The average molecular weight is 468 g/mol. The van der Waals surface area contributed by atoms with Gasteiger partial charge in [-0.25, -0.2) is 9.37 Å². The van der Waals surface area contributed by atoms with Crippen LogP contribution < -0.4 is 10.9 Å². The van der Waals surface area contributed by atoms with Gasteiger partial charge in [-0.1, -0.05) is 53.7 Å². The number of hydrogen-bond acceptors (Lipinski definition) is 4. The van der Waals surface area contributed by atoms with E-state index in [9.17, 15) is 14.0 Å². The van der Waals surface area contributed by atoms with Gasteiger partial charge in [-0.3, -0.25) is 14.2 Å². The molecule has 0 aliphatic rings. The molecule has 4 aromatic rings. The zero-order valence-corrected chi connectivity index (χ0v) is 18.5. The van der Waals surface area contributed by atoms with Crippen molar-refractivity contribution in [3.8, 4) is 5.69 Å². The maximum Gasteiger partial charge on any atom is 0.266 e. The van der Waals surface area contributed by atoms with Gasteiger partial charge < -0.3 is 5.32 Å². The average Bonchev–Trinajstić information content (AvgIpc) is 2.78. The van der Waals surface area contributed by atoms with E-state index in [1.54, 1.807) is 54.6 Å². The third kappa shape index (κ3) is 5.00. The number of nitrogens with zero attached hydrogens (tertiary/aromatic N) is 2. The molecule has 0 saturated heterocycles. The monoisotopic (exact) mass is 467 g/mol. The van der Waals surface area contributed by atoms with Crippen LogP contribution >= 0.6 is 23.4 Å². The second-order valence-electron chi connectivity index (χ2n) is 7.01. The molecule has 0 fully saturated rings. The fourth-order valence-electron chi connectivity index (χ4n) is 3.22. The lowest BCUT2D eigenvalue weighted by molar-refractivity contribution is -0.116. The van der Waals surface area contributed by atoms with E-state index in [1.165, 1.54) is 28.5 Å². The molecular weight excluding hydrogens is 449 g/mol. The molecule has 3 aromatic carbocycles. The Morgan fingerprint density at radius 1 is 1.06 bits per heavy atom. The molecule has 0 unspecified atom stereocenters. The number of nitrogens with one attached hydrogen (secondary N) is 1. The molecule has 0 radical (unpaired) electrons. The SMILES string of the molecule is O=C(CCCSc1nc2ccccc2c(=O)n1-c1cccc(Cl)c1)Nc1ccccc1F. The van der Waals surface area contributed by atoms with E-state index >= 15 is 0 Å².